The Hall–Kier alpha value is -1.10. The van der Waals surface area contributed by atoms with Crippen LogP contribution in [-0.4, -0.2) is 49.2 Å². The second-order valence-electron chi connectivity index (χ2n) is 3.96. The Balaban J connectivity index is 2.43. The summed E-state index contributed by atoms with van der Waals surface area (Å²) in [4.78, 5) is 24.1. The number of rotatable bonds is 6. The van der Waals surface area contributed by atoms with Gasteiger partial charge in [-0.25, -0.2) is 0 Å². The summed E-state index contributed by atoms with van der Waals surface area (Å²) in [5.74, 6) is -1.27. The Bertz CT molecular complexity index is 260. The Morgan fingerprint density at radius 2 is 2.07 bits per heavy atom. The lowest BCUT2D eigenvalue weighted by Crippen LogP contribution is -2.39. The van der Waals surface area contributed by atoms with E-state index in [1.165, 1.54) is 4.90 Å². The average Bonchev–Trinajstić information content (AvgIpc) is 2.97. The SMILES string of the molecule is COCCCN(C)C(=O)C1(C(=O)O)CC1. The van der Waals surface area contributed by atoms with E-state index in [4.69, 9.17) is 9.84 Å². The fraction of sp³-hybridized carbons (Fsp3) is 0.800. The number of methoxy groups -OCH3 is 1. The normalized spacial score (nSPS) is 17.2. The Kier molecular flexibility index (Phi) is 3.68. The summed E-state index contributed by atoms with van der Waals surface area (Å²) >= 11 is 0. The fourth-order valence-corrected chi connectivity index (χ4v) is 1.56. The van der Waals surface area contributed by atoms with Crippen LogP contribution in [0.1, 0.15) is 19.3 Å². The lowest BCUT2D eigenvalue weighted by molar-refractivity contribution is -0.152. The second-order valence-corrected chi connectivity index (χ2v) is 3.96. The Morgan fingerprint density at radius 3 is 2.47 bits per heavy atom. The molecule has 1 amide bonds. The first-order valence-electron chi connectivity index (χ1n) is 5.02. The number of carboxylic acids is 1. The molecule has 1 aliphatic carbocycles. The molecule has 0 spiro atoms. The predicted octanol–water partition coefficient (Wildman–Crippen LogP) is 0.346. The van der Waals surface area contributed by atoms with Crippen molar-refractivity contribution >= 4 is 11.9 Å². The Morgan fingerprint density at radius 1 is 1.47 bits per heavy atom. The first-order chi connectivity index (χ1) is 7.04. The zero-order valence-corrected chi connectivity index (χ0v) is 9.15. The van der Waals surface area contributed by atoms with E-state index in [0.29, 0.717) is 26.0 Å². The van der Waals surface area contributed by atoms with Crippen molar-refractivity contribution in [3.63, 3.8) is 0 Å². The van der Waals surface area contributed by atoms with Crippen LogP contribution in [0, 0.1) is 5.41 Å². The van der Waals surface area contributed by atoms with Crippen molar-refractivity contribution in [1.82, 2.24) is 4.90 Å². The predicted molar refractivity (Wildman–Crippen MR) is 53.4 cm³/mol. The molecule has 0 aromatic carbocycles. The highest BCUT2D eigenvalue weighted by Crippen LogP contribution is 2.47. The molecule has 0 heterocycles. The molecule has 86 valence electrons. The molecule has 1 aliphatic rings. The molecule has 0 aliphatic heterocycles. The van der Waals surface area contributed by atoms with E-state index in [-0.39, 0.29) is 5.91 Å². The molecule has 0 aromatic heterocycles. The van der Waals surface area contributed by atoms with E-state index in [9.17, 15) is 9.59 Å². The highest BCUT2D eigenvalue weighted by atomic mass is 16.5. The van der Waals surface area contributed by atoms with Crippen molar-refractivity contribution in [2.45, 2.75) is 19.3 Å². The van der Waals surface area contributed by atoms with Crippen molar-refractivity contribution < 1.29 is 19.4 Å². The quantitative estimate of drug-likeness (QED) is 0.512. The van der Waals surface area contributed by atoms with E-state index in [0.717, 1.165) is 6.42 Å². The monoisotopic (exact) mass is 215 g/mol. The van der Waals surface area contributed by atoms with Crippen molar-refractivity contribution in [3.05, 3.63) is 0 Å². The molecular formula is C10H17NO4. The molecule has 0 saturated heterocycles. The number of ether oxygens (including phenoxy) is 1. The Labute approximate surface area is 89.0 Å². The third kappa shape index (κ3) is 2.47. The minimum absolute atomic E-state index is 0.272. The van der Waals surface area contributed by atoms with Crippen molar-refractivity contribution in [1.29, 1.82) is 0 Å². The minimum Gasteiger partial charge on any atom is -0.480 e. The second kappa shape index (κ2) is 4.61. The van der Waals surface area contributed by atoms with E-state index in [1.807, 2.05) is 0 Å². The van der Waals surface area contributed by atoms with Crippen LogP contribution in [-0.2, 0) is 14.3 Å². The van der Waals surface area contributed by atoms with Gasteiger partial charge in [-0.3, -0.25) is 9.59 Å². The van der Waals surface area contributed by atoms with Gasteiger partial charge in [-0.05, 0) is 19.3 Å². The fourth-order valence-electron chi connectivity index (χ4n) is 1.56. The van der Waals surface area contributed by atoms with E-state index in [2.05, 4.69) is 0 Å². The van der Waals surface area contributed by atoms with Gasteiger partial charge < -0.3 is 14.7 Å². The molecule has 15 heavy (non-hydrogen) atoms. The first-order valence-corrected chi connectivity index (χ1v) is 5.02. The summed E-state index contributed by atoms with van der Waals surface area (Å²) in [7, 11) is 3.24. The highest BCUT2D eigenvalue weighted by molar-refractivity contribution is 6.04. The molecule has 1 rings (SSSR count). The summed E-state index contributed by atoms with van der Waals surface area (Å²) in [6, 6.07) is 0. The zero-order chi connectivity index (χ0) is 11.5. The van der Waals surface area contributed by atoms with Crippen LogP contribution in [0.15, 0.2) is 0 Å². The van der Waals surface area contributed by atoms with Crippen molar-refractivity contribution in [3.8, 4) is 0 Å². The third-order valence-electron chi connectivity index (χ3n) is 2.76. The molecule has 0 unspecified atom stereocenters. The summed E-state index contributed by atoms with van der Waals surface area (Å²) in [6.45, 7) is 1.12. The smallest absolute Gasteiger partial charge is 0.319 e. The van der Waals surface area contributed by atoms with Crippen LogP contribution < -0.4 is 0 Å². The van der Waals surface area contributed by atoms with Crippen molar-refractivity contribution in [2.24, 2.45) is 5.41 Å². The number of hydrogen-bond donors (Lipinski definition) is 1. The van der Waals surface area contributed by atoms with Gasteiger partial charge in [0.15, 0.2) is 0 Å². The van der Waals surface area contributed by atoms with Gasteiger partial charge in [0.1, 0.15) is 5.41 Å². The summed E-state index contributed by atoms with van der Waals surface area (Å²) in [6.07, 6.45) is 1.67. The number of amides is 1. The number of carbonyl (C=O) groups excluding carboxylic acids is 1. The molecule has 1 N–H and O–H groups in total. The molecule has 1 fully saturated rings. The standard InChI is InChI=1S/C10H17NO4/c1-11(6-3-7-15-2)8(12)10(4-5-10)9(13)14/h3-7H2,1-2H3,(H,13,14). The van der Waals surface area contributed by atoms with Crippen LogP contribution in [0.4, 0.5) is 0 Å². The van der Waals surface area contributed by atoms with E-state index < -0.39 is 11.4 Å². The minimum atomic E-state index is -1.11. The molecule has 5 nitrogen and oxygen atoms in total. The molecule has 0 aromatic rings. The lowest BCUT2D eigenvalue weighted by Gasteiger charge is -2.20. The maximum atomic E-state index is 11.8. The topological polar surface area (TPSA) is 66.8 Å². The van der Waals surface area contributed by atoms with Crippen LogP contribution in [0.3, 0.4) is 0 Å². The maximum absolute atomic E-state index is 11.8. The van der Waals surface area contributed by atoms with Gasteiger partial charge in [-0.15, -0.1) is 0 Å². The third-order valence-corrected chi connectivity index (χ3v) is 2.76. The maximum Gasteiger partial charge on any atom is 0.319 e. The van der Waals surface area contributed by atoms with Gasteiger partial charge >= 0.3 is 5.97 Å². The van der Waals surface area contributed by atoms with Crippen LogP contribution in [0.5, 0.6) is 0 Å². The average molecular weight is 215 g/mol. The molecule has 5 heteroatoms. The van der Waals surface area contributed by atoms with Gasteiger partial charge in [0.2, 0.25) is 5.91 Å². The summed E-state index contributed by atoms with van der Waals surface area (Å²) < 4.78 is 4.87. The van der Waals surface area contributed by atoms with E-state index >= 15 is 0 Å². The van der Waals surface area contributed by atoms with Gasteiger partial charge in [0.05, 0.1) is 0 Å². The number of carbonyl (C=O) groups is 2. The van der Waals surface area contributed by atoms with Crippen LogP contribution in [0.2, 0.25) is 0 Å². The lowest BCUT2D eigenvalue weighted by atomic mass is 10.1. The molecule has 0 atom stereocenters. The van der Waals surface area contributed by atoms with Crippen LogP contribution >= 0.6 is 0 Å². The molecule has 1 saturated carbocycles. The number of carboxylic acid groups (broad SMARTS) is 1. The number of nitrogens with zero attached hydrogens (tertiary/aromatic N) is 1. The van der Waals surface area contributed by atoms with Crippen LogP contribution in [0.25, 0.3) is 0 Å². The molecule has 0 radical (unpaired) electrons. The molecular weight excluding hydrogens is 198 g/mol. The van der Waals surface area contributed by atoms with Gasteiger partial charge in [-0.2, -0.15) is 0 Å². The van der Waals surface area contributed by atoms with Gasteiger partial charge in [0, 0.05) is 27.3 Å². The van der Waals surface area contributed by atoms with Gasteiger partial charge in [0.25, 0.3) is 0 Å². The summed E-state index contributed by atoms with van der Waals surface area (Å²) in [5.41, 5.74) is -1.11. The van der Waals surface area contributed by atoms with Gasteiger partial charge in [-0.1, -0.05) is 0 Å². The molecule has 0 bridgehead atoms. The van der Waals surface area contributed by atoms with Crippen molar-refractivity contribution in [2.75, 3.05) is 27.3 Å². The van der Waals surface area contributed by atoms with E-state index in [1.54, 1.807) is 14.2 Å². The largest absolute Gasteiger partial charge is 0.480 e. The number of aliphatic carboxylic acids is 1. The number of hydrogen-bond acceptors (Lipinski definition) is 3. The zero-order valence-electron chi connectivity index (χ0n) is 9.15. The first kappa shape index (κ1) is 12.0. The highest BCUT2D eigenvalue weighted by Gasteiger charge is 2.58. The summed E-state index contributed by atoms with van der Waals surface area (Å²) in [5, 5.41) is 8.92.